The first-order chi connectivity index (χ1) is 7.60. The van der Waals surface area contributed by atoms with Gasteiger partial charge in [-0.2, -0.15) is 0 Å². The molecule has 98 valence electrons. The SMILES string of the molecule is COC1(C(=O)OC(C)(C)C)C=CC(C)(C)CC1. The van der Waals surface area contributed by atoms with Gasteiger partial charge in [0.1, 0.15) is 5.60 Å². The van der Waals surface area contributed by atoms with Crippen LogP contribution in [-0.2, 0) is 14.3 Å². The Morgan fingerprint density at radius 2 is 1.76 bits per heavy atom. The standard InChI is InChI=1S/C14H24O3/c1-12(2,3)17-11(15)14(16-6)9-7-13(4,5)8-10-14/h7,9H,8,10H2,1-6H3. The molecule has 1 atom stereocenters. The fraction of sp³-hybridized carbons (Fsp3) is 0.786. The van der Waals surface area contributed by atoms with E-state index in [-0.39, 0.29) is 11.4 Å². The first-order valence-electron chi connectivity index (χ1n) is 6.09. The van der Waals surface area contributed by atoms with E-state index < -0.39 is 11.2 Å². The van der Waals surface area contributed by atoms with Gasteiger partial charge in [-0.05, 0) is 45.1 Å². The zero-order valence-corrected chi connectivity index (χ0v) is 11.8. The first kappa shape index (κ1) is 14.2. The lowest BCUT2D eigenvalue weighted by Crippen LogP contribution is -2.46. The van der Waals surface area contributed by atoms with Crippen LogP contribution in [0.1, 0.15) is 47.5 Å². The number of carbonyl (C=O) groups is 1. The van der Waals surface area contributed by atoms with E-state index in [0.717, 1.165) is 6.42 Å². The molecule has 0 aromatic carbocycles. The smallest absolute Gasteiger partial charge is 0.342 e. The fourth-order valence-electron chi connectivity index (χ4n) is 1.82. The van der Waals surface area contributed by atoms with Crippen molar-refractivity contribution >= 4 is 5.97 Å². The maximum Gasteiger partial charge on any atom is 0.342 e. The predicted octanol–water partition coefficient (Wildman–Crippen LogP) is 3.09. The lowest BCUT2D eigenvalue weighted by molar-refractivity contribution is -0.176. The van der Waals surface area contributed by atoms with E-state index in [1.807, 2.05) is 32.9 Å². The van der Waals surface area contributed by atoms with Crippen LogP contribution < -0.4 is 0 Å². The molecule has 0 aliphatic heterocycles. The zero-order valence-electron chi connectivity index (χ0n) is 11.8. The molecule has 0 radical (unpaired) electrons. The Hall–Kier alpha value is -0.830. The number of rotatable bonds is 2. The van der Waals surface area contributed by atoms with E-state index in [0.29, 0.717) is 6.42 Å². The molecule has 3 nitrogen and oxygen atoms in total. The molecule has 1 unspecified atom stereocenters. The summed E-state index contributed by atoms with van der Waals surface area (Å²) in [5.41, 5.74) is -1.25. The molecule has 0 saturated heterocycles. The number of esters is 1. The van der Waals surface area contributed by atoms with Crippen LogP contribution in [0.2, 0.25) is 0 Å². The van der Waals surface area contributed by atoms with E-state index in [9.17, 15) is 4.79 Å². The van der Waals surface area contributed by atoms with Crippen molar-refractivity contribution in [3.05, 3.63) is 12.2 Å². The fourth-order valence-corrected chi connectivity index (χ4v) is 1.82. The largest absolute Gasteiger partial charge is 0.458 e. The van der Waals surface area contributed by atoms with Crippen LogP contribution in [0.25, 0.3) is 0 Å². The summed E-state index contributed by atoms with van der Waals surface area (Å²) in [6.07, 6.45) is 5.48. The molecule has 1 aliphatic carbocycles. The zero-order chi connectivity index (χ0) is 13.3. The van der Waals surface area contributed by atoms with E-state index in [4.69, 9.17) is 9.47 Å². The van der Waals surface area contributed by atoms with Gasteiger partial charge in [-0.25, -0.2) is 4.79 Å². The Labute approximate surface area is 104 Å². The summed E-state index contributed by atoms with van der Waals surface area (Å²) in [4.78, 5) is 12.2. The lowest BCUT2D eigenvalue weighted by Gasteiger charge is -2.37. The quantitative estimate of drug-likeness (QED) is 0.549. The van der Waals surface area contributed by atoms with Crippen LogP contribution in [0.4, 0.5) is 0 Å². The van der Waals surface area contributed by atoms with Crippen molar-refractivity contribution in [3.8, 4) is 0 Å². The molecule has 1 rings (SSSR count). The predicted molar refractivity (Wildman–Crippen MR) is 67.7 cm³/mol. The summed E-state index contributed by atoms with van der Waals surface area (Å²) >= 11 is 0. The van der Waals surface area contributed by atoms with Gasteiger partial charge in [-0.15, -0.1) is 0 Å². The van der Waals surface area contributed by atoms with E-state index in [1.165, 1.54) is 0 Å². The number of methoxy groups -OCH3 is 1. The Morgan fingerprint density at radius 1 is 1.18 bits per heavy atom. The molecule has 0 heterocycles. The first-order valence-corrected chi connectivity index (χ1v) is 6.09. The van der Waals surface area contributed by atoms with E-state index >= 15 is 0 Å². The molecule has 3 heteroatoms. The van der Waals surface area contributed by atoms with Crippen LogP contribution in [0, 0.1) is 5.41 Å². The van der Waals surface area contributed by atoms with Gasteiger partial charge in [0.15, 0.2) is 5.60 Å². The average molecular weight is 240 g/mol. The van der Waals surface area contributed by atoms with Crippen molar-refractivity contribution in [2.45, 2.75) is 58.7 Å². The van der Waals surface area contributed by atoms with Gasteiger partial charge < -0.3 is 9.47 Å². The summed E-state index contributed by atoms with van der Waals surface area (Å²) in [5.74, 6) is -0.292. The molecule has 0 aromatic heterocycles. The lowest BCUT2D eigenvalue weighted by atomic mass is 9.76. The minimum Gasteiger partial charge on any atom is -0.458 e. The van der Waals surface area contributed by atoms with E-state index in [1.54, 1.807) is 7.11 Å². The number of hydrogen-bond acceptors (Lipinski definition) is 3. The van der Waals surface area contributed by atoms with Crippen molar-refractivity contribution in [1.29, 1.82) is 0 Å². The van der Waals surface area contributed by atoms with E-state index in [2.05, 4.69) is 13.8 Å². The molecular weight excluding hydrogens is 216 g/mol. The molecule has 0 fully saturated rings. The second-order valence-corrected chi connectivity index (χ2v) is 6.42. The highest BCUT2D eigenvalue weighted by atomic mass is 16.6. The molecule has 0 bridgehead atoms. The van der Waals surface area contributed by atoms with Crippen LogP contribution in [0.3, 0.4) is 0 Å². The van der Waals surface area contributed by atoms with Crippen LogP contribution >= 0.6 is 0 Å². The van der Waals surface area contributed by atoms with Gasteiger partial charge >= 0.3 is 5.97 Å². The monoisotopic (exact) mass is 240 g/mol. The van der Waals surface area contributed by atoms with Gasteiger partial charge in [-0.1, -0.05) is 19.9 Å². The van der Waals surface area contributed by atoms with Crippen LogP contribution in [0.5, 0.6) is 0 Å². The van der Waals surface area contributed by atoms with Gasteiger partial charge in [0.2, 0.25) is 0 Å². The average Bonchev–Trinajstić information content (AvgIpc) is 2.16. The van der Waals surface area contributed by atoms with Crippen molar-refractivity contribution in [2.24, 2.45) is 5.41 Å². The number of ether oxygens (including phenoxy) is 2. The molecule has 0 saturated carbocycles. The highest BCUT2D eigenvalue weighted by Gasteiger charge is 2.43. The molecule has 0 spiro atoms. The van der Waals surface area contributed by atoms with Gasteiger partial charge in [0, 0.05) is 7.11 Å². The van der Waals surface area contributed by atoms with Gasteiger partial charge in [-0.3, -0.25) is 0 Å². The van der Waals surface area contributed by atoms with Crippen molar-refractivity contribution in [1.82, 2.24) is 0 Å². The summed E-state index contributed by atoms with van der Waals surface area (Å²) in [6, 6.07) is 0. The Morgan fingerprint density at radius 3 is 2.12 bits per heavy atom. The van der Waals surface area contributed by atoms with Crippen molar-refractivity contribution in [2.75, 3.05) is 7.11 Å². The van der Waals surface area contributed by atoms with Crippen LogP contribution in [0.15, 0.2) is 12.2 Å². The molecule has 1 aliphatic rings. The highest BCUT2D eigenvalue weighted by molar-refractivity contribution is 5.82. The maximum absolute atomic E-state index is 12.2. The second-order valence-electron chi connectivity index (χ2n) is 6.42. The third-order valence-electron chi connectivity index (χ3n) is 3.05. The second kappa shape index (κ2) is 4.45. The highest BCUT2D eigenvalue weighted by Crippen LogP contribution is 2.37. The third-order valence-corrected chi connectivity index (χ3v) is 3.05. The minimum atomic E-state index is -0.900. The molecule has 0 amide bonds. The van der Waals surface area contributed by atoms with Crippen molar-refractivity contribution in [3.63, 3.8) is 0 Å². The molecule has 17 heavy (non-hydrogen) atoms. The number of allylic oxidation sites excluding steroid dienone is 1. The summed E-state index contributed by atoms with van der Waals surface area (Å²) < 4.78 is 10.8. The topological polar surface area (TPSA) is 35.5 Å². The van der Waals surface area contributed by atoms with Crippen molar-refractivity contribution < 1.29 is 14.3 Å². The Balaban J connectivity index is 2.88. The summed E-state index contributed by atoms with van der Waals surface area (Å²) in [5, 5.41) is 0. The molecule has 0 N–H and O–H groups in total. The van der Waals surface area contributed by atoms with Crippen LogP contribution in [-0.4, -0.2) is 24.3 Å². The third kappa shape index (κ3) is 3.56. The number of carbonyl (C=O) groups excluding carboxylic acids is 1. The Bertz CT molecular complexity index is 323. The summed E-state index contributed by atoms with van der Waals surface area (Å²) in [6.45, 7) is 9.90. The molecule has 0 aromatic rings. The summed E-state index contributed by atoms with van der Waals surface area (Å²) in [7, 11) is 1.56. The molecular formula is C14H24O3. The van der Waals surface area contributed by atoms with Gasteiger partial charge in [0.25, 0.3) is 0 Å². The Kier molecular flexibility index (Phi) is 3.72. The van der Waals surface area contributed by atoms with Gasteiger partial charge in [0.05, 0.1) is 0 Å². The maximum atomic E-state index is 12.2. The number of hydrogen-bond donors (Lipinski definition) is 0. The minimum absolute atomic E-state index is 0.129. The normalized spacial score (nSPS) is 27.9.